The molecule has 12 heteroatoms. The quantitative estimate of drug-likeness (QED) is 0.462. The molecule has 33 heavy (non-hydrogen) atoms. The first-order valence-electron chi connectivity index (χ1n) is 10.3. The van der Waals surface area contributed by atoms with Gasteiger partial charge in [0, 0.05) is 5.38 Å². The molecule has 1 saturated heterocycles. The highest BCUT2D eigenvalue weighted by molar-refractivity contribution is 7.14. The van der Waals surface area contributed by atoms with Gasteiger partial charge in [-0.05, 0) is 30.0 Å². The summed E-state index contributed by atoms with van der Waals surface area (Å²) in [5, 5.41) is 6.94. The molecule has 3 heterocycles. The molecule has 0 unspecified atom stereocenters. The van der Waals surface area contributed by atoms with Gasteiger partial charge in [0.2, 0.25) is 12.7 Å². The maximum atomic E-state index is 13.3. The first kappa shape index (κ1) is 21.2. The molecule has 2 fully saturated rings. The number of aromatic nitrogens is 1. The molecule has 1 aliphatic carbocycles. The van der Waals surface area contributed by atoms with Crippen LogP contribution in [0.4, 0.5) is 9.93 Å². The van der Waals surface area contributed by atoms with Gasteiger partial charge in [0.05, 0.1) is 7.11 Å². The molecule has 2 atom stereocenters. The lowest BCUT2D eigenvalue weighted by Crippen LogP contribution is -2.48. The first-order chi connectivity index (χ1) is 15.9. The van der Waals surface area contributed by atoms with Gasteiger partial charge < -0.3 is 24.8 Å². The van der Waals surface area contributed by atoms with Gasteiger partial charge in [0.15, 0.2) is 22.3 Å². The average Bonchev–Trinajstić information content (AvgIpc) is 3.18. The van der Waals surface area contributed by atoms with Crippen LogP contribution in [0.5, 0.6) is 11.5 Å². The number of fused-ring (bicyclic) bond motifs is 1. The van der Waals surface area contributed by atoms with Crippen molar-refractivity contribution in [2.24, 2.45) is 5.92 Å². The number of nitrogens with one attached hydrogen (secondary N) is 2. The van der Waals surface area contributed by atoms with Gasteiger partial charge >= 0.3 is 12.0 Å². The predicted molar refractivity (Wildman–Crippen MR) is 114 cm³/mol. The maximum absolute atomic E-state index is 13.3. The number of esters is 1. The number of imide groups is 1. The normalized spacial score (nSPS) is 19.9. The third kappa shape index (κ3) is 4.09. The summed E-state index contributed by atoms with van der Waals surface area (Å²) in [6.07, 6.45) is 2.22. The van der Waals surface area contributed by atoms with Crippen LogP contribution >= 0.6 is 11.3 Å². The molecule has 1 saturated carbocycles. The molecule has 2 aliphatic heterocycles. The maximum Gasteiger partial charge on any atom is 0.357 e. The highest BCUT2D eigenvalue weighted by Crippen LogP contribution is 2.38. The van der Waals surface area contributed by atoms with Crippen molar-refractivity contribution in [3.8, 4) is 11.5 Å². The topological polar surface area (TPSA) is 136 Å². The van der Waals surface area contributed by atoms with Crippen LogP contribution in [0.2, 0.25) is 0 Å². The number of urea groups is 1. The van der Waals surface area contributed by atoms with Gasteiger partial charge in [-0.1, -0.05) is 18.9 Å². The molecule has 4 amide bonds. The van der Waals surface area contributed by atoms with Gasteiger partial charge in [-0.2, -0.15) is 0 Å². The lowest BCUT2D eigenvalue weighted by molar-refractivity contribution is -0.134. The minimum absolute atomic E-state index is 0.0643. The third-order valence-electron chi connectivity index (χ3n) is 5.70. The van der Waals surface area contributed by atoms with Crippen LogP contribution in [0.1, 0.15) is 41.4 Å². The number of ether oxygens (including phenoxy) is 3. The number of hydrogen-bond acceptors (Lipinski definition) is 9. The molecule has 0 spiro atoms. The number of carbonyl (C=O) groups is 4. The smallest absolute Gasteiger partial charge is 0.357 e. The van der Waals surface area contributed by atoms with E-state index < -0.39 is 35.9 Å². The molecule has 2 aromatic rings. The monoisotopic (exact) mass is 472 g/mol. The van der Waals surface area contributed by atoms with Gasteiger partial charge in [0.25, 0.3) is 5.91 Å². The number of thiazole rings is 1. The second-order valence-electron chi connectivity index (χ2n) is 7.92. The summed E-state index contributed by atoms with van der Waals surface area (Å²) in [5.41, 5.74) is 0.600. The van der Waals surface area contributed by atoms with Crippen molar-refractivity contribution < 1.29 is 33.4 Å². The van der Waals surface area contributed by atoms with E-state index in [0.717, 1.165) is 29.1 Å². The van der Waals surface area contributed by atoms with E-state index in [1.807, 2.05) is 0 Å². The van der Waals surface area contributed by atoms with Crippen LogP contribution in [0.3, 0.4) is 0 Å². The van der Waals surface area contributed by atoms with Crippen LogP contribution in [0.15, 0.2) is 23.6 Å². The van der Waals surface area contributed by atoms with Gasteiger partial charge in [-0.25, -0.2) is 19.5 Å². The fraction of sp³-hybridized carbons (Fsp3) is 0.381. The van der Waals surface area contributed by atoms with Crippen molar-refractivity contribution >= 4 is 40.3 Å². The predicted octanol–water partition coefficient (Wildman–Crippen LogP) is 2.06. The van der Waals surface area contributed by atoms with E-state index in [0.29, 0.717) is 23.5 Å². The molecule has 3 aliphatic rings. The molecular formula is C21H20N4O7S. The number of rotatable bonds is 7. The summed E-state index contributed by atoms with van der Waals surface area (Å²) in [6, 6.07) is 2.42. The van der Waals surface area contributed by atoms with Crippen molar-refractivity contribution in [1.29, 1.82) is 0 Å². The second kappa shape index (κ2) is 8.35. The molecule has 0 radical (unpaired) electrons. The highest BCUT2D eigenvalue weighted by Gasteiger charge is 2.47. The van der Waals surface area contributed by atoms with E-state index in [2.05, 4.69) is 20.4 Å². The van der Waals surface area contributed by atoms with Gasteiger partial charge in [-0.3, -0.25) is 9.59 Å². The van der Waals surface area contributed by atoms with Crippen LogP contribution in [-0.2, 0) is 14.3 Å². The van der Waals surface area contributed by atoms with E-state index in [4.69, 9.17) is 9.47 Å². The molecule has 172 valence electrons. The van der Waals surface area contributed by atoms with Crippen molar-refractivity contribution in [2.45, 2.75) is 31.3 Å². The minimum atomic E-state index is -1.01. The first-order valence-corrected chi connectivity index (χ1v) is 11.2. The molecule has 1 aromatic heterocycles. The molecule has 1 aromatic carbocycles. The number of anilines is 1. The van der Waals surface area contributed by atoms with Crippen LogP contribution in [-0.4, -0.2) is 53.6 Å². The van der Waals surface area contributed by atoms with Gasteiger partial charge in [-0.15, -0.1) is 11.3 Å². The minimum Gasteiger partial charge on any atom is -0.464 e. The summed E-state index contributed by atoms with van der Waals surface area (Å²) in [4.78, 5) is 55.9. The Bertz CT molecular complexity index is 1150. The second-order valence-corrected chi connectivity index (χ2v) is 8.78. The molecule has 5 rings (SSSR count). The SMILES string of the molecule is COC(=O)c1csc(NC(=O)[C@H](CC2CC2)N2C(=O)N[C@H](c3ccc4c(c3)OCO4)C2=O)n1. The van der Waals surface area contributed by atoms with Crippen LogP contribution in [0.25, 0.3) is 0 Å². The van der Waals surface area contributed by atoms with E-state index in [9.17, 15) is 19.2 Å². The van der Waals surface area contributed by atoms with E-state index in [1.165, 1.54) is 12.5 Å². The largest absolute Gasteiger partial charge is 0.464 e. The Labute approximate surface area is 192 Å². The van der Waals surface area contributed by atoms with Crippen LogP contribution in [0, 0.1) is 5.92 Å². The zero-order chi connectivity index (χ0) is 23.1. The van der Waals surface area contributed by atoms with E-state index in [-0.39, 0.29) is 23.5 Å². The number of carbonyl (C=O) groups excluding carboxylic acids is 4. The molecule has 2 N–H and O–H groups in total. The molecule has 0 bridgehead atoms. The number of amides is 4. The van der Waals surface area contributed by atoms with Crippen molar-refractivity contribution in [1.82, 2.24) is 15.2 Å². The number of hydrogen-bond donors (Lipinski definition) is 2. The zero-order valence-electron chi connectivity index (χ0n) is 17.5. The Morgan fingerprint density at radius 3 is 2.85 bits per heavy atom. The summed E-state index contributed by atoms with van der Waals surface area (Å²) in [5.74, 6) is -0.370. The van der Waals surface area contributed by atoms with Crippen molar-refractivity contribution in [2.75, 3.05) is 19.2 Å². The Kier molecular flexibility index (Phi) is 5.36. The van der Waals surface area contributed by atoms with Crippen LogP contribution < -0.4 is 20.1 Å². The Morgan fingerprint density at radius 1 is 1.30 bits per heavy atom. The van der Waals surface area contributed by atoms with Gasteiger partial charge in [0.1, 0.15) is 12.1 Å². The Balaban J connectivity index is 1.36. The fourth-order valence-corrected chi connectivity index (χ4v) is 4.51. The third-order valence-corrected chi connectivity index (χ3v) is 6.46. The number of methoxy groups -OCH3 is 1. The van der Waals surface area contributed by atoms with E-state index >= 15 is 0 Å². The zero-order valence-corrected chi connectivity index (χ0v) is 18.3. The molecular weight excluding hydrogens is 452 g/mol. The Hall–Kier alpha value is -3.67. The number of benzene rings is 1. The fourth-order valence-electron chi connectivity index (χ4n) is 3.82. The standard InChI is InChI=1S/C21H20N4O7S/c1-30-19(28)12-8-33-20(22-12)24-17(26)13(6-10-2-3-10)25-18(27)16(23-21(25)29)11-4-5-14-15(7-11)32-9-31-14/h4-5,7-8,10,13,16H,2-3,6,9H2,1H3,(H,23,29)(H,22,24,26)/t13-,16+/m0/s1. The lowest BCUT2D eigenvalue weighted by atomic mass is 10.0. The summed E-state index contributed by atoms with van der Waals surface area (Å²) < 4.78 is 15.3. The molecule has 11 nitrogen and oxygen atoms in total. The number of nitrogens with zero attached hydrogens (tertiary/aromatic N) is 2. The van der Waals surface area contributed by atoms with Crippen molar-refractivity contribution in [3.63, 3.8) is 0 Å². The lowest BCUT2D eigenvalue weighted by Gasteiger charge is -2.24. The highest BCUT2D eigenvalue weighted by atomic mass is 32.1. The summed E-state index contributed by atoms with van der Waals surface area (Å²) in [6.45, 7) is 0.0912. The summed E-state index contributed by atoms with van der Waals surface area (Å²) >= 11 is 1.05. The Morgan fingerprint density at radius 2 is 2.09 bits per heavy atom. The summed E-state index contributed by atoms with van der Waals surface area (Å²) in [7, 11) is 1.24. The van der Waals surface area contributed by atoms with Crippen molar-refractivity contribution in [3.05, 3.63) is 34.8 Å². The van der Waals surface area contributed by atoms with E-state index in [1.54, 1.807) is 18.2 Å². The average molecular weight is 472 g/mol.